The maximum Gasteiger partial charge on any atom is 0.194 e. The van der Waals surface area contributed by atoms with Crippen LogP contribution in [0.15, 0.2) is 6.07 Å². The smallest absolute Gasteiger partial charge is 0.194 e. The Labute approximate surface area is 95.7 Å². The monoisotopic (exact) mass is 219 g/mol. The van der Waals surface area contributed by atoms with Crippen LogP contribution in [0.1, 0.15) is 48.9 Å². The Bertz CT molecular complexity index is 384. The standard InChI is InChI=1S/C12H17N3O/c1-9(2)10-7-12(14-11(8-16)13-10)15-5-3-4-6-15/h7-9H,3-6H2,1-2H3. The Hall–Kier alpha value is -1.45. The van der Waals surface area contributed by atoms with E-state index in [1.54, 1.807) is 0 Å². The minimum atomic E-state index is 0.299. The summed E-state index contributed by atoms with van der Waals surface area (Å²) in [5.74, 6) is 1.52. The molecule has 1 aromatic rings. The zero-order chi connectivity index (χ0) is 11.5. The fourth-order valence-electron chi connectivity index (χ4n) is 1.93. The maximum atomic E-state index is 10.8. The van der Waals surface area contributed by atoms with Crippen LogP contribution < -0.4 is 4.90 Å². The number of aromatic nitrogens is 2. The molecule has 1 aliphatic heterocycles. The normalized spacial score (nSPS) is 15.8. The molecule has 0 bridgehead atoms. The Morgan fingerprint density at radius 3 is 2.56 bits per heavy atom. The molecule has 2 heterocycles. The average molecular weight is 219 g/mol. The second-order valence-corrected chi connectivity index (χ2v) is 4.48. The molecule has 1 saturated heterocycles. The van der Waals surface area contributed by atoms with E-state index >= 15 is 0 Å². The maximum absolute atomic E-state index is 10.8. The van der Waals surface area contributed by atoms with Gasteiger partial charge in [-0.3, -0.25) is 4.79 Å². The van der Waals surface area contributed by atoms with E-state index in [-0.39, 0.29) is 0 Å². The van der Waals surface area contributed by atoms with Crippen molar-refractivity contribution in [3.8, 4) is 0 Å². The second-order valence-electron chi connectivity index (χ2n) is 4.48. The van der Waals surface area contributed by atoms with E-state index in [2.05, 4.69) is 28.7 Å². The Morgan fingerprint density at radius 2 is 2.00 bits per heavy atom. The second kappa shape index (κ2) is 4.60. The number of hydrogen-bond donors (Lipinski definition) is 0. The minimum absolute atomic E-state index is 0.299. The van der Waals surface area contributed by atoms with Gasteiger partial charge < -0.3 is 4.90 Å². The number of aldehydes is 1. The van der Waals surface area contributed by atoms with Crippen LogP contribution in [0.3, 0.4) is 0 Å². The Morgan fingerprint density at radius 1 is 1.31 bits per heavy atom. The molecule has 2 rings (SSSR count). The highest BCUT2D eigenvalue weighted by Crippen LogP contribution is 2.21. The minimum Gasteiger partial charge on any atom is -0.356 e. The van der Waals surface area contributed by atoms with Crippen molar-refractivity contribution in [3.63, 3.8) is 0 Å². The Kier molecular flexibility index (Phi) is 3.17. The first-order valence-electron chi connectivity index (χ1n) is 5.80. The molecule has 0 spiro atoms. The van der Waals surface area contributed by atoms with Crippen LogP contribution in [-0.4, -0.2) is 29.3 Å². The van der Waals surface area contributed by atoms with Crippen LogP contribution in [0.2, 0.25) is 0 Å². The fourth-order valence-corrected chi connectivity index (χ4v) is 1.93. The summed E-state index contributed by atoms with van der Waals surface area (Å²) in [5.41, 5.74) is 0.944. The Balaban J connectivity index is 2.35. The summed E-state index contributed by atoms with van der Waals surface area (Å²) < 4.78 is 0. The van der Waals surface area contributed by atoms with Crippen molar-refractivity contribution in [1.29, 1.82) is 0 Å². The van der Waals surface area contributed by atoms with Crippen LogP contribution in [-0.2, 0) is 0 Å². The summed E-state index contributed by atoms with van der Waals surface area (Å²) in [6.45, 7) is 6.22. The van der Waals surface area contributed by atoms with E-state index in [0.29, 0.717) is 11.7 Å². The molecule has 1 aromatic heterocycles. The van der Waals surface area contributed by atoms with Crippen LogP contribution in [0, 0.1) is 0 Å². The molecule has 0 saturated carbocycles. The van der Waals surface area contributed by atoms with Gasteiger partial charge in [0.1, 0.15) is 5.82 Å². The molecule has 4 heteroatoms. The molecule has 86 valence electrons. The number of rotatable bonds is 3. The first-order valence-corrected chi connectivity index (χ1v) is 5.80. The summed E-state index contributed by atoms with van der Waals surface area (Å²) >= 11 is 0. The number of nitrogens with zero attached hydrogens (tertiary/aromatic N) is 3. The molecule has 0 aromatic carbocycles. The molecular weight excluding hydrogens is 202 g/mol. The largest absolute Gasteiger partial charge is 0.356 e. The highest BCUT2D eigenvalue weighted by atomic mass is 16.1. The van der Waals surface area contributed by atoms with Crippen LogP contribution in [0.25, 0.3) is 0 Å². The van der Waals surface area contributed by atoms with Crippen molar-refractivity contribution in [3.05, 3.63) is 17.6 Å². The van der Waals surface area contributed by atoms with Crippen molar-refractivity contribution in [2.45, 2.75) is 32.6 Å². The number of anilines is 1. The lowest BCUT2D eigenvalue weighted by Crippen LogP contribution is -2.20. The quantitative estimate of drug-likeness (QED) is 0.729. The van der Waals surface area contributed by atoms with Gasteiger partial charge in [-0.15, -0.1) is 0 Å². The third kappa shape index (κ3) is 2.21. The third-order valence-electron chi connectivity index (χ3n) is 2.88. The predicted molar refractivity (Wildman–Crippen MR) is 63.0 cm³/mol. The number of carbonyl (C=O) groups is 1. The fraction of sp³-hybridized carbons (Fsp3) is 0.583. The number of hydrogen-bond acceptors (Lipinski definition) is 4. The summed E-state index contributed by atoms with van der Waals surface area (Å²) in [6.07, 6.45) is 3.14. The molecule has 0 atom stereocenters. The van der Waals surface area contributed by atoms with Gasteiger partial charge in [-0.25, -0.2) is 9.97 Å². The van der Waals surface area contributed by atoms with E-state index in [0.717, 1.165) is 30.9 Å². The molecule has 0 unspecified atom stereocenters. The van der Waals surface area contributed by atoms with E-state index in [9.17, 15) is 4.79 Å². The molecule has 1 aliphatic rings. The number of carbonyl (C=O) groups excluding carboxylic acids is 1. The van der Waals surface area contributed by atoms with E-state index < -0.39 is 0 Å². The van der Waals surface area contributed by atoms with Gasteiger partial charge in [0.15, 0.2) is 12.1 Å². The highest BCUT2D eigenvalue weighted by molar-refractivity contribution is 5.70. The van der Waals surface area contributed by atoms with E-state index in [4.69, 9.17) is 0 Å². The van der Waals surface area contributed by atoms with Gasteiger partial charge in [-0.05, 0) is 18.8 Å². The SMILES string of the molecule is CC(C)c1cc(N2CCCC2)nc(C=O)n1. The van der Waals surface area contributed by atoms with Crippen LogP contribution in [0.4, 0.5) is 5.82 Å². The molecule has 0 amide bonds. The summed E-state index contributed by atoms with van der Waals surface area (Å²) in [7, 11) is 0. The molecule has 1 fully saturated rings. The first-order chi connectivity index (χ1) is 7.70. The summed E-state index contributed by atoms with van der Waals surface area (Å²) in [4.78, 5) is 21.5. The van der Waals surface area contributed by atoms with Gasteiger partial charge in [-0.1, -0.05) is 13.8 Å². The van der Waals surface area contributed by atoms with Gasteiger partial charge in [0.2, 0.25) is 0 Å². The van der Waals surface area contributed by atoms with Crippen LogP contribution in [0.5, 0.6) is 0 Å². The van der Waals surface area contributed by atoms with Crippen molar-refractivity contribution in [2.75, 3.05) is 18.0 Å². The summed E-state index contributed by atoms with van der Waals surface area (Å²) in [6, 6.07) is 2.00. The van der Waals surface area contributed by atoms with Crippen molar-refractivity contribution in [2.24, 2.45) is 0 Å². The van der Waals surface area contributed by atoms with Gasteiger partial charge >= 0.3 is 0 Å². The zero-order valence-electron chi connectivity index (χ0n) is 9.81. The first kappa shape index (κ1) is 11.0. The molecule has 4 nitrogen and oxygen atoms in total. The topological polar surface area (TPSA) is 46.1 Å². The molecule has 0 N–H and O–H groups in total. The molecule has 16 heavy (non-hydrogen) atoms. The van der Waals surface area contributed by atoms with Gasteiger partial charge in [0.05, 0.1) is 0 Å². The molecular formula is C12H17N3O. The van der Waals surface area contributed by atoms with E-state index in [1.165, 1.54) is 12.8 Å². The average Bonchev–Trinajstić information content (AvgIpc) is 2.81. The molecule has 0 radical (unpaired) electrons. The van der Waals surface area contributed by atoms with Crippen molar-refractivity contribution >= 4 is 12.1 Å². The van der Waals surface area contributed by atoms with Crippen molar-refractivity contribution < 1.29 is 4.79 Å². The van der Waals surface area contributed by atoms with Gasteiger partial charge in [-0.2, -0.15) is 0 Å². The van der Waals surface area contributed by atoms with E-state index in [1.807, 2.05) is 6.07 Å². The lowest BCUT2D eigenvalue weighted by molar-refractivity contribution is 0.111. The predicted octanol–water partition coefficient (Wildman–Crippen LogP) is 2.01. The zero-order valence-corrected chi connectivity index (χ0v) is 9.81. The summed E-state index contributed by atoms with van der Waals surface area (Å²) in [5, 5.41) is 0. The highest BCUT2D eigenvalue weighted by Gasteiger charge is 2.16. The van der Waals surface area contributed by atoms with Crippen LogP contribution >= 0.6 is 0 Å². The third-order valence-corrected chi connectivity index (χ3v) is 2.88. The molecule has 0 aliphatic carbocycles. The van der Waals surface area contributed by atoms with Gasteiger partial charge in [0, 0.05) is 24.8 Å². The lowest BCUT2D eigenvalue weighted by Gasteiger charge is -2.17. The lowest BCUT2D eigenvalue weighted by atomic mass is 10.1. The van der Waals surface area contributed by atoms with Crippen molar-refractivity contribution in [1.82, 2.24) is 9.97 Å². The van der Waals surface area contributed by atoms with Gasteiger partial charge in [0.25, 0.3) is 0 Å².